The summed E-state index contributed by atoms with van der Waals surface area (Å²) in [6, 6.07) is 7.74. The molecule has 0 radical (unpaired) electrons. The zero-order valence-corrected chi connectivity index (χ0v) is 15.4. The molecule has 0 aliphatic carbocycles. The molecule has 124 valence electrons. The number of fused-ring (bicyclic) bond motifs is 2. The minimum absolute atomic E-state index is 0.0925. The highest BCUT2D eigenvalue weighted by molar-refractivity contribution is 14.1. The molecule has 3 unspecified atom stereocenters. The molecule has 1 aromatic rings. The minimum Gasteiger partial charge on any atom is -0.469 e. The second kappa shape index (κ2) is 6.76. The first-order valence-electron chi connectivity index (χ1n) is 7.77. The number of nitrogens with zero attached hydrogens (tertiary/aromatic N) is 1. The number of halogens is 1. The van der Waals surface area contributed by atoms with Gasteiger partial charge in [0.05, 0.1) is 12.7 Å². The molecule has 6 heteroatoms. The Morgan fingerprint density at radius 1 is 1.30 bits per heavy atom. The van der Waals surface area contributed by atoms with Crippen molar-refractivity contribution >= 4 is 34.5 Å². The SMILES string of the molecule is COC(=O)C1C2CCC(C[C@@H]1OC(=O)c1cccc(I)c1)N2C. The lowest BCUT2D eigenvalue weighted by Crippen LogP contribution is -2.53. The Labute approximate surface area is 149 Å². The molecule has 1 aromatic carbocycles. The van der Waals surface area contributed by atoms with Crippen LogP contribution >= 0.6 is 22.6 Å². The van der Waals surface area contributed by atoms with E-state index in [1.54, 1.807) is 12.1 Å². The number of esters is 2. The average Bonchev–Trinajstić information content (AvgIpc) is 2.78. The number of hydrogen-bond acceptors (Lipinski definition) is 5. The molecule has 23 heavy (non-hydrogen) atoms. The first-order valence-corrected chi connectivity index (χ1v) is 8.85. The predicted molar refractivity (Wildman–Crippen MR) is 93.1 cm³/mol. The second-order valence-corrected chi connectivity index (χ2v) is 7.45. The third-order valence-electron chi connectivity index (χ3n) is 5.01. The van der Waals surface area contributed by atoms with Gasteiger partial charge in [-0.15, -0.1) is 0 Å². The standard InChI is InChI=1S/C17H20INO4/c1-19-12-6-7-13(19)15(17(21)22-2)14(9-12)23-16(20)10-4-3-5-11(18)8-10/h3-5,8,12-15H,6-7,9H2,1-2H3/t12?,13?,14-,15?/m0/s1. The molecule has 3 rings (SSSR count). The van der Waals surface area contributed by atoms with Crippen molar-refractivity contribution < 1.29 is 19.1 Å². The molecule has 2 aliphatic heterocycles. The fraction of sp³-hybridized carbons (Fsp3) is 0.529. The molecule has 0 amide bonds. The number of piperidine rings is 1. The van der Waals surface area contributed by atoms with Gasteiger partial charge in [-0.3, -0.25) is 9.69 Å². The van der Waals surface area contributed by atoms with Crippen molar-refractivity contribution in [1.29, 1.82) is 0 Å². The van der Waals surface area contributed by atoms with E-state index in [9.17, 15) is 9.59 Å². The van der Waals surface area contributed by atoms with E-state index >= 15 is 0 Å². The summed E-state index contributed by atoms with van der Waals surface area (Å²) < 4.78 is 11.7. The monoisotopic (exact) mass is 429 g/mol. The molecule has 2 heterocycles. The van der Waals surface area contributed by atoms with E-state index in [-0.39, 0.29) is 18.0 Å². The van der Waals surface area contributed by atoms with Crippen molar-refractivity contribution in [3.63, 3.8) is 0 Å². The zero-order chi connectivity index (χ0) is 16.6. The van der Waals surface area contributed by atoms with E-state index < -0.39 is 12.0 Å². The summed E-state index contributed by atoms with van der Waals surface area (Å²) in [5.41, 5.74) is 0.520. The van der Waals surface area contributed by atoms with Crippen molar-refractivity contribution in [2.24, 2.45) is 5.92 Å². The van der Waals surface area contributed by atoms with Gasteiger partial charge >= 0.3 is 11.9 Å². The predicted octanol–water partition coefficient (Wildman–Crippen LogP) is 2.47. The molecule has 0 saturated carbocycles. The lowest BCUT2D eigenvalue weighted by molar-refractivity contribution is -0.156. The fourth-order valence-corrected chi connectivity index (χ4v) is 4.35. The summed E-state index contributed by atoms with van der Waals surface area (Å²) >= 11 is 2.16. The molecular weight excluding hydrogens is 409 g/mol. The van der Waals surface area contributed by atoms with Crippen LogP contribution in [0.15, 0.2) is 24.3 Å². The van der Waals surface area contributed by atoms with E-state index in [0.717, 1.165) is 16.4 Å². The van der Waals surface area contributed by atoms with E-state index in [1.165, 1.54) is 7.11 Å². The molecule has 0 aromatic heterocycles. The molecule has 2 fully saturated rings. The summed E-state index contributed by atoms with van der Waals surface area (Å²) in [6.07, 6.45) is 2.24. The third-order valence-corrected chi connectivity index (χ3v) is 5.68. The summed E-state index contributed by atoms with van der Waals surface area (Å²) in [7, 11) is 3.43. The van der Waals surface area contributed by atoms with Gasteiger partial charge in [-0.25, -0.2) is 4.79 Å². The van der Waals surface area contributed by atoms with Gasteiger partial charge in [-0.1, -0.05) is 6.07 Å². The molecule has 2 bridgehead atoms. The van der Waals surface area contributed by atoms with Crippen LogP contribution in [-0.4, -0.2) is 49.2 Å². The lowest BCUT2D eigenvalue weighted by Gasteiger charge is -2.40. The fourth-order valence-electron chi connectivity index (χ4n) is 3.81. The Morgan fingerprint density at radius 2 is 2.09 bits per heavy atom. The molecule has 4 atom stereocenters. The van der Waals surface area contributed by atoms with E-state index in [2.05, 4.69) is 27.5 Å². The minimum atomic E-state index is -0.415. The van der Waals surface area contributed by atoms with Crippen LogP contribution in [0, 0.1) is 9.49 Å². The van der Waals surface area contributed by atoms with E-state index in [0.29, 0.717) is 18.0 Å². The summed E-state index contributed by atoms with van der Waals surface area (Å²) in [6.45, 7) is 0. The van der Waals surface area contributed by atoms with Crippen molar-refractivity contribution in [1.82, 2.24) is 4.90 Å². The Kier molecular flexibility index (Phi) is 4.91. The van der Waals surface area contributed by atoms with Gasteiger partial charge in [0, 0.05) is 22.1 Å². The number of carbonyl (C=O) groups is 2. The average molecular weight is 429 g/mol. The molecule has 0 N–H and O–H groups in total. The molecular formula is C17H20INO4. The number of rotatable bonds is 3. The maximum absolute atomic E-state index is 12.4. The van der Waals surface area contributed by atoms with Crippen LogP contribution in [0.3, 0.4) is 0 Å². The van der Waals surface area contributed by atoms with Gasteiger partial charge in [0.25, 0.3) is 0 Å². The Bertz CT molecular complexity index is 620. The largest absolute Gasteiger partial charge is 0.469 e. The number of hydrogen-bond donors (Lipinski definition) is 0. The van der Waals surface area contributed by atoms with Gasteiger partial charge in [-0.05, 0) is 60.7 Å². The van der Waals surface area contributed by atoms with Crippen LogP contribution in [0.5, 0.6) is 0 Å². The summed E-state index contributed by atoms with van der Waals surface area (Å²) in [5.74, 6) is -1.07. The van der Waals surface area contributed by atoms with Crippen LogP contribution in [0.1, 0.15) is 29.6 Å². The number of ether oxygens (including phenoxy) is 2. The van der Waals surface area contributed by atoms with Crippen LogP contribution in [0.4, 0.5) is 0 Å². The maximum atomic E-state index is 12.4. The van der Waals surface area contributed by atoms with Crippen LogP contribution in [0.25, 0.3) is 0 Å². The van der Waals surface area contributed by atoms with Gasteiger partial charge < -0.3 is 9.47 Å². The number of carbonyl (C=O) groups excluding carboxylic acids is 2. The zero-order valence-electron chi connectivity index (χ0n) is 13.2. The first kappa shape index (κ1) is 16.7. The summed E-state index contributed by atoms with van der Waals surface area (Å²) in [4.78, 5) is 26.9. The lowest BCUT2D eigenvalue weighted by atomic mass is 9.87. The second-order valence-electron chi connectivity index (χ2n) is 6.20. The molecule has 5 nitrogen and oxygen atoms in total. The topological polar surface area (TPSA) is 55.8 Å². The quantitative estimate of drug-likeness (QED) is 0.546. The maximum Gasteiger partial charge on any atom is 0.338 e. The van der Waals surface area contributed by atoms with Crippen LogP contribution < -0.4 is 0 Å². The van der Waals surface area contributed by atoms with E-state index in [4.69, 9.17) is 9.47 Å². The molecule has 0 spiro atoms. The van der Waals surface area contributed by atoms with Crippen LogP contribution in [-0.2, 0) is 14.3 Å². The number of methoxy groups -OCH3 is 1. The first-order chi connectivity index (χ1) is 11.0. The Balaban J connectivity index is 1.80. The Morgan fingerprint density at radius 3 is 2.78 bits per heavy atom. The van der Waals surface area contributed by atoms with Gasteiger partial charge in [0.15, 0.2) is 0 Å². The van der Waals surface area contributed by atoms with E-state index in [1.807, 2.05) is 19.2 Å². The highest BCUT2D eigenvalue weighted by atomic mass is 127. The van der Waals surface area contributed by atoms with Crippen molar-refractivity contribution in [3.8, 4) is 0 Å². The summed E-state index contributed by atoms with van der Waals surface area (Å²) in [5, 5.41) is 0. The van der Waals surface area contributed by atoms with Gasteiger partial charge in [0.1, 0.15) is 12.0 Å². The third kappa shape index (κ3) is 3.24. The molecule has 2 saturated heterocycles. The smallest absolute Gasteiger partial charge is 0.338 e. The van der Waals surface area contributed by atoms with Gasteiger partial charge in [-0.2, -0.15) is 0 Å². The van der Waals surface area contributed by atoms with Crippen LogP contribution in [0.2, 0.25) is 0 Å². The van der Waals surface area contributed by atoms with Crippen molar-refractivity contribution in [2.45, 2.75) is 37.5 Å². The highest BCUT2D eigenvalue weighted by Crippen LogP contribution is 2.40. The Hall–Kier alpha value is -1.15. The number of benzene rings is 1. The molecule has 2 aliphatic rings. The van der Waals surface area contributed by atoms with Crippen molar-refractivity contribution in [3.05, 3.63) is 33.4 Å². The normalized spacial score (nSPS) is 30.0. The van der Waals surface area contributed by atoms with Gasteiger partial charge in [0.2, 0.25) is 0 Å². The highest BCUT2D eigenvalue weighted by Gasteiger charge is 2.50. The van der Waals surface area contributed by atoms with Crippen molar-refractivity contribution in [2.75, 3.05) is 14.2 Å².